The van der Waals surface area contributed by atoms with Gasteiger partial charge in [-0.3, -0.25) is 0 Å². The van der Waals surface area contributed by atoms with Gasteiger partial charge in [-0.15, -0.1) is 0 Å². The Hall–Kier alpha value is -0.880. The third-order valence-electron chi connectivity index (χ3n) is 1.88. The van der Waals surface area contributed by atoms with Gasteiger partial charge in [0.05, 0.1) is 5.75 Å². The van der Waals surface area contributed by atoms with Crippen molar-refractivity contribution in [3.63, 3.8) is 0 Å². The molecule has 1 aromatic heterocycles. The summed E-state index contributed by atoms with van der Waals surface area (Å²) in [6, 6.07) is -0.383. The lowest BCUT2D eigenvalue weighted by molar-refractivity contribution is 0.587. The van der Waals surface area contributed by atoms with E-state index in [1.54, 1.807) is 6.20 Å². The first kappa shape index (κ1) is 11.2. The average molecular weight is 217 g/mol. The van der Waals surface area contributed by atoms with Crippen LogP contribution in [-0.4, -0.2) is 36.0 Å². The highest BCUT2D eigenvalue weighted by atomic mass is 32.2. The highest BCUT2D eigenvalue weighted by Gasteiger charge is 2.13. The Morgan fingerprint density at radius 3 is 2.71 bits per heavy atom. The monoisotopic (exact) mass is 217 g/mol. The van der Waals surface area contributed by atoms with E-state index >= 15 is 0 Å². The van der Waals surface area contributed by atoms with Crippen molar-refractivity contribution in [2.75, 3.05) is 12.0 Å². The van der Waals surface area contributed by atoms with Crippen molar-refractivity contribution in [3.8, 4) is 0 Å². The number of rotatable bonds is 4. The zero-order chi connectivity index (χ0) is 10.8. The van der Waals surface area contributed by atoms with Crippen LogP contribution in [-0.2, 0) is 23.3 Å². The Morgan fingerprint density at radius 2 is 2.29 bits per heavy atom. The van der Waals surface area contributed by atoms with Crippen molar-refractivity contribution in [1.29, 1.82) is 0 Å². The first-order valence-corrected chi connectivity index (χ1v) is 6.34. The molecule has 1 unspecified atom stereocenters. The number of sulfone groups is 1. The predicted octanol–water partition coefficient (Wildman–Crippen LogP) is -0.665. The summed E-state index contributed by atoms with van der Waals surface area (Å²) in [5.41, 5.74) is 5.69. The molecule has 1 atom stereocenters. The fraction of sp³-hybridized carbons (Fsp3) is 0.625. The van der Waals surface area contributed by atoms with Gasteiger partial charge >= 0.3 is 0 Å². The minimum absolute atomic E-state index is 0.000139. The van der Waals surface area contributed by atoms with E-state index in [2.05, 4.69) is 4.98 Å². The van der Waals surface area contributed by atoms with Gasteiger partial charge in [-0.25, -0.2) is 13.4 Å². The van der Waals surface area contributed by atoms with E-state index in [0.717, 1.165) is 5.82 Å². The molecule has 0 saturated carbocycles. The standard InChI is InChI=1S/C8H15N3O2S/c1-11-4-3-10-8(11)5-7(9)6-14(2,12)13/h3-4,7H,5-6,9H2,1-2H3. The maximum atomic E-state index is 10.9. The molecule has 5 nitrogen and oxygen atoms in total. The lowest BCUT2D eigenvalue weighted by atomic mass is 10.2. The Balaban J connectivity index is 2.58. The number of nitrogens with zero attached hydrogens (tertiary/aromatic N) is 2. The predicted molar refractivity (Wildman–Crippen MR) is 54.6 cm³/mol. The molecule has 14 heavy (non-hydrogen) atoms. The maximum Gasteiger partial charge on any atom is 0.148 e. The van der Waals surface area contributed by atoms with E-state index < -0.39 is 9.84 Å². The van der Waals surface area contributed by atoms with E-state index in [4.69, 9.17) is 5.73 Å². The molecule has 80 valence electrons. The van der Waals surface area contributed by atoms with Gasteiger partial charge in [-0.05, 0) is 0 Å². The van der Waals surface area contributed by atoms with Gasteiger partial charge in [0.1, 0.15) is 15.7 Å². The quantitative estimate of drug-likeness (QED) is 0.726. The molecule has 0 aliphatic rings. The maximum absolute atomic E-state index is 10.9. The summed E-state index contributed by atoms with van der Waals surface area (Å²) in [5.74, 6) is 0.806. The van der Waals surface area contributed by atoms with Gasteiger partial charge in [0, 0.05) is 38.2 Å². The van der Waals surface area contributed by atoms with Crippen LogP contribution in [0.2, 0.25) is 0 Å². The topological polar surface area (TPSA) is 78.0 Å². The van der Waals surface area contributed by atoms with E-state index in [1.807, 2.05) is 17.8 Å². The summed E-state index contributed by atoms with van der Waals surface area (Å²) >= 11 is 0. The number of nitrogens with two attached hydrogens (primary N) is 1. The fourth-order valence-electron chi connectivity index (χ4n) is 1.28. The molecule has 2 N–H and O–H groups in total. The van der Waals surface area contributed by atoms with E-state index in [9.17, 15) is 8.42 Å². The zero-order valence-corrected chi connectivity index (χ0v) is 9.16. The van der Waals surface area contributed by atoms with Crippen LogP contribution in [0.15, 0.2) is 12.4 Å². The van der Waals surface area contributed by atoms with Crippen LogP contribution in [0.1, 0.15) is 5.82 Å². The molecule has 0 aliphatic heterocycles. The van der Waals surface area contributed by atoms with Gasteiger partial charge in [-0.1, -0.05) is 0 Å². The van der Waals surface area contributed by atoms with Crippen molar-refractivity contribution in [2.24, 2.45) is 12.8 Å². The number of aryl methyl sites for hydroxylation is 1. The average Bonchev–Trinajstić information content (AvgIpc) is 2.32. The summed E-state index contributed by atoms with van der Waals surface area (Å²) in [4.78, 5) is 4.07. The molecule has 1 rings (SSSR count). The molecule has 0 radical (unpaired) electrons. The SMILES string of the molecule is Cn1ccnc1CC(N)CS(C)(=O)=O. The second kappa shape index (κ2) is 4.10. The van der Waals surface area contributed by atoms with E-state index in [0.29, 0.717) is 6.42 Å². The molecular formula is C8H15N3O2S. The van der Waals surface area contributed by atoms with Gasteiger partial charge < -0.3 is 10.3 Å². The van der Waals surface area contributed by atoms with Crippen molar-refractivity contribution >= 4 is 9.84 Å². The molecule has 6 heteroatoms. The minimum atomic E-state index is -3.00. The summed E-state index contributed by atoms with van der Waals surface area (Å²) in [7, 11) is -1.14. The number of hydrogen-bond acceptors (Lipinski definition) is 4. The Kier molecular flexibility index (Phi) is 3.28. The molecule has 0 aromatic carbocycles. The van der Waals surface area contributed by atoms with E-state index in [1.165, 1.54) is 6.26 Å². The van der Waals surface area contributed by atoms with Gasteiger partial charge in [0.15, 0.2) is 0 Å². The Bertz CT molecular complexity index is 396. The van der Waals surface area contributed by atoms with Crippen molar-refractivity contribution in [2.45, 2.75) is 12.5 Å². The third-order valence-corrected chi connectivity index (χ3v) is 2.92. The van der Waals surface area contributed by atoms with Crippen LogP contribution >= 0.6 is 0 Å². The molecular weight excluding hydrogens is 202 g/mol. The molecule has 0 fully saturated rings. The summed E-state index contributed by atoms with van der Waals surface area (Å²) in [5, 5.41) is 0. The molecule has 0 saturated heterocycles. The van der Waals surface area contributed by atoms with Crippen molar-refractivity contribution < 1.29 is 8.42 Å². The molecule has 0 aliphatic carbocycles. The fourth-order valence-corrected chi connectivity index (χ4v) is 2.17. The molecule has 1 aromatic rings. The van der Waals surface area contributed by atoms with Gasteiger partial charge in [0.2, 0.25) is 0 Å². The number of imidazole rings is 1. The third kappa shape index (κ3) is 3.47. The molecule has 0 amide bonds. The first-order valence-electron chi connectivity index (χ1n) is 4.28. The molecule has 0 spiro atoms. The second-order valence-corrected chi connectivity index (χ2v) is 5.70. The summed E-state index contributed by atoms with van der Waals surface area (Å²) in [6.45, 7) is 0. The summed E-state index contributed by atoms with van der Waals surface area (Å²) in [6.07, 6.45) is 5.15. The number of aromatic nitrogens is 2. The van der Waals surface area contributed by atoms with Crippen LogP contribution in [0.3, 0.4) is 0 Å². The van der Waals surface area contributed by atoms with Crippen LogP contribution in [0.4, 0.5) is 0 Å². The Labute approximate surface area is 83.9 Å². The second-order valence-electron chi connectivity index (χ2n) is 3.51. The van der Waals surface area contributed by atoms with Gasteiger partial charge in [-0.2, -0.15) is 0 Å². The molecule has 1 heterocycles. The van der Waals surface area contributed by atoms with Crippen LogP contribution in [0.5, 0.6) is 0 Å². The van der Waals surface area contributed by atoms with Gasteiger partial charge in [0.25, 0.3) is 0 Å². The first-order chi connectivity index (χ1) is 6.38. The highest BCUT2D eigenvalue weighted by Crippen LogP contribution is 2.00. The normalized spacial score (nSPS) is 14.2. The largest absolute Gasteiger partial charge is 0.338 e. The summed E-state index contributed by atoms with van der Waals surface area (Å²) < 4.78 is 23.7. The van der Waals surface area contributed by atoms with Crippen LogP contribution in [0.25, 0.3) is 0 Å². The highest BCUT2D eigenvalue weighted by molar-refractivity contribution is 7.90. The van der Waals surface area contributed by atoms with Crippen molar-refractivity contribution in [3.05, 3.63) is 18.2 Å². The smallest absolute Gasteiger partial charge is 0.148 e. The van der Waals surface area contributed by atoms with Crippen molar-refractivity contribution in [1.82, 2.24) is 9.55 Å². The zero-order valence-electron chi connectivity index (χ0n) is 8.34. The molecule has 0 bridgehead atoms. The Morgan fingerprint density at radius 1 is 1.64 bits per heavy atom. The lowest BCUT2D eigenvalue weighted by Crippen LogP contribution is -2.32. The minimum Gasteiger partial charge on any atom is -0.338 e. The number of hydrogen-bond donors (Lipinski definition) is 1. The van der Waals surface area contributed by atoms with Crippen LogP contribution in [0, 0.1) is 0 Å². The van der Waals surface area contributed by atoms with Crippen LogP contribution < -0.4 is 5.73 Å². The van der Waals surface area contributed by atoms with E-state index in [-0.39, 0.29) is 11.8 Å². The lowest BCUT2D eigenvalue weighted by Gasteiger charge is -2.09.